The van der Waals surface area contributed by atoms with Crippen LogP contribution in [0.3, 0.4) is 0 Å². The first-order chi connectivity index (χ1) is 7.48. The van der Waals surface area contributed by atoms with Crippen molar-refractivity contribution in [1.82, 2.24) is 4.72 Å². The summed E-state index contributed by atoms with van der Waals surface area (Å²) >= 11 is 0. The van der Waals surface area contributed by atoms with Gasteiger partial charge < -0.3 is 9.84 Å². The Hall–Kier alpha value is -0.170. The smallest absolute Gasteiger partial charge is 0.211 e. The highest BCUT2D eigenvalue weighted by Gasteiger charge is 2.08. The topological polar surface area (TPSA) is 75.6 Å². The van der Waals surface area contributed by atoms with Gasteiger partial charge in [0.05, 0.1) is 12.4 Å². The van der Waals surface area contributed by atoms with Crippen molar-refractivity contribution in [3.63, 3.8) is 0 Å². The van der Waals surface area contributed by atoms with Gasteiger partial charge >= 0.3 is 0 Å². The number of ether oxygens (including phenoxy) is 1. The number of aliphatic hydroxyl groups is 1. The van der Waals surface area contributed by atoms with E-state index in [-0.39, 0.29) is 12.4 Å². The van der Waals surface area contributed by atoms with Crippen LogP contribution in [0.25, 0.3) is 0 Å². The van der Waals surface area contributed by atoms with E-state index in [1.807, 2.05) is 13.8 Å². The summed E-state index contributed by atoms with van der Waals surface area (Å²) in [4.78, 5) is 0. The first kappa shape index (κ1) is 15.8. The highest BCUT2D eigenvalue weighted by molar-refractivity contribution is 7.89. The molecule has 0 bridgehead atoms. The molecule has 0 aliphatic rings. The van der Waals surface area contributed by atoms with Crippen molar-refractivity contribution < 1.29 is 18.3 Å². The molecule has 98 valence electrons. The standard InChI is InChI=1S/C10H23NO4S/c1-10(2)9-15-7-5-11-16(13,14)8-4-3-6-12/h10-12H,3-9H2,1-2H3. The zero-order chi connectivity index (χ0) is 12.4. The summed E-state index contributed by atoms with van der Waals surface area (Å²) in [6.45, 7) is 5.48. The number of rotatable bonds is 10. The van der Waals surface area contributed by atoms with Crippen LogP contribution in [0.1, 0.15) is 26.7 Å². The molecule has 0 aliphatic heterocycles. The monoisotopic (exact) mass is 253 g/mol. The molecular weight excluding hydrogens is 230 g/mol. The van der Waals surface area contributed by atoms with E-state index in [2.05, 4.69) is 4.72 Å². The number of hydrogen-bond donors (Lipinski definition) is 2. The maximum atomic E-state index is 11.4. The normalized spacial score (nSPS) is 12.2. The Kier molecular flexibility index (Phi) is 8.83. The van der Waals surface area contributed by atoms with Gasteiger partial charge in [-0.05, 0) is 18.8 Å². The molecule has 16 heavy (non-hydrogen) atoms. The molecule has 0 aromatic carbocycles. The van der Waals surface area contributed by atoms with Crippen LogP contribution in [0.4, 0.5) is 0 Å². The number of hydrogen-bond acceptors (Lipinski definition) is 4. The molecule has 0 atom stereocenters. The highest BCUT2D eigenvalue weighted by Crippen LogP contribution is 1.94. The van der Waals surface area contributed by atoms with Crippen molar-refractivity contribution in [2.24, 2.45) is 5.92 Å². The fourth-order valence-electron chi connectivity index (χ4n) is 1.06. The van der Waals surface area contributed by atoms with Crippen molar-refractivity contribution >= 4 is 10.0 Å². The Morgan fingerprint density at radius 2 is 2.00 bits per heavy atom. The Morgan fingerprint density at radius 1 is 1.31 bits per heavy atom. The van der Waals surface area contributed by atoms with Gasteiger partial charge in [-0.3, -0.25) is 0 Å². The van der Waals surface area contributed by atoms with Crippen molar-refractivity contribution in [2.45, 2.75) is 26.7 Å². The second kappa shape index (κ2) is 8.92. The third-order valence-electron chi connectivity index (χ3n) is 1.84. The Balaban J connectivity index is 3.51. The Bertz CT molecular complexity index is 252. The predicted octanol–water partition coefficient (Wildman–Crippen LogP) is 0.351. The van der Waals surface area contributed by atoms with Gasteiger partial charge in [0.1, 0.15) is 0 Å². The highest BCUT2D eigenvalue weighted by atomic mass is 32.2. The lowest BCUT2D eigenvalue weighted by Gasteiger charge is -2.08. The second-order valence-electron chi connectivity index (χ2n) is 4.11. The second-order valence-corrected chi connectivity index (χ2v) is 6.04. The fraction of sp³-hybridized carbons (Fsp3) is 1.00. The van der Waals surface area contributed by atoms with Gasteiger partial charge in [-0.25, -0.2) is 13.1 Å². The van der Waals surface area contributed by atoms with Crippen LogP contribution in [-0.4, -0.2) is 45.6 Å². The van der Waals surface area contributed by atoms with Gasteiger partial charge in [0.25, 0.3) is 0 Å². The van der Waals surface area contributed by atoms with Gasteiger partial charge in [-0.1, -0.05) is 13.8 Å². The minimum Gasteiger partial charge on any atom is -0.396 e. The van der Waals surface area contributed by atoms with E-state index in [1.54, 1.807) is 0 Å². The third-order valence-corrected chi connectivity index (χ3v) is 3.31. The molecular formula is C10H23NO4S. The quantitative estimate of drug-likeness (QED) is 0.551. The maximum absolute atomic E-state index is 11.4. The molecule has 0 heterocycles. The van der Waals surface area contributed by atoms with Crippen LogP contribution in [0.15, 0.2) is 0 Å². The molecule has 0 radical (unpaired) electrons. The maximum Gasteiger partial charge on any atom is 0.211 e. The largest absolute Gasteiger partial charge is 0.396 e. The zero-order valence-corrected chi connectivity index (χ0v) is 10.9. The Morgan fingerprint density at radius 3 is 2.56 bits per heavy atom. The molecule has 5 nitrogen and oxygen atoms in total. The van der Waals surface area contributed by atoms with Gasteiger partial charge in [-0.2, -0.15) is 0 Å². The first-order valence-corrected chi connectivity index (χ1v) is 7.29. The summed E-state index contributed by atoms with van der Waals surface area (Å²) < 4.78 is 30.4. The molecule has 0 saturated heterocycles. The lowest BCUT2D eigenvalue weighted by atomic mass is 10.2. The first-order valence-electron chi connectivity index (χ1n) is 5.64. The summed E-state index contributed by atoms with van der Waals surface area (Å²) in [6.07, 6.45) is 1.00. The van der Waals surface area contributed by atoms with E-state index in [0.717, 1.165) is 0 Å². The van der Waals surface area contributed by atoms with Crippen molar-refractivity contribution in [2.75, 3.05) is 32.1 Å². The molecule has 0 amide bonds. The molecule has 2 N–H and O–H groups in total. The predicted molar refractivity (Wildman–Crippen MR) is 63.8 cm³/mol. The van der Waals surface area contributed by atoms with E-state index < -0.39 is 10.0 Å². The fourth-order valence-corrected chi connectivity index (χ4v) is 2.19. The van der Waals surface area contributed by atoms with Gasteiger partial charge in [0.2, 0.25) is 10.0 Å². The molecule has 0 aromatic rings. The van der Waals surface area contributed by atoms with E-state index in [4.69, 9.17) is 9.84 Å². The van der Waals surface area contributed by atoms with Crippen molar-refractivity contribution in [3.05, 3.63) is 0 Å². The van der Waals surface area contributed by atoms with Crippen LogP contribution in [-0.2, 0) is 14.8 Å². The SMILES string of the molecule is CC(C)COCCNS(=O)(=O)CCCCO. The average molecular weight is 253 g/mol. The summed E-state index contributed by atoms with van der Waals surface area (Å²) in [5.41, 5.74) is 0. The molecule has 0 unspecified atom stereocenters. The number of aliphatic hydroxyl groups excluding tert-OH is 1. The van der Waals surface area contributed by atoms with Gasteiger partial charge in [-0.15, -0.1) is 0 Å². The van der Waals surface area contributed by atoms with Crippen molar-refractivity contribution in [3.8, 4) is 0 Å². The van der Waals surface area contributed by atoms with Crippen LogP contribution in [0, 0.1) is 5.92 Å². The molecule has 0 spiro atoms. The summed E-state index contributed by atoms with van der Waals surface area (Å²) in [6, 6.07) is 0. The third kappa shape index (κ3) is 10.4. The van der Waals surface area contributed by atoms with E-state index in [9.17, 15) is 8.42 Å². The molecule has 6 heteroatoms. The zero-order valence-electron chi connectivity index (χ0n) is 10.1. The van der Waals surface area contributed by atoms with Gasteiger partial charge in [0, 0.05) is 19.8 Å². The van der Waals surface area contributed by atoms with Crippen LogP contribution < -0.4 is 4.72 Å². The number of unbranched alkanes of at least 4 members (excludes halogenated alkanes) is 1. The minimum atomic E-state index is -3.20. The average Bonchev–Trinajstić information content (AvgIpc) is 2.16. The van der Waals surface area contributed by atoms with Crippen LogP contribution in [0.5, 0.6) is 0 Å². The van der Waals surface area contributed by atoms with E-state index in [0.29, 0.717) is 38.5 Å². The molecule has 0 aliphatic carbocycles. The summed E-state index contributed by atoms with van der Waals surface area (Å²) in [7, 11) is -3.20. The van der Waals surface area contributed by atoms with Gasteiger partial charge in [0.15, 0.2) is 0 Å². The lowest BCUT2D eigenvalue weighted by Crippen LogP contribution is -2.30. The van der Waals surface area contributed by atoms with Crippen LogP contribution in [0.2, 0.25) is 0 Å². The van der Waals surface area contributed by atoms with Crippen LogP contribution >= 0.6 is 0 Å². The summed E-state index contributed by atoms with van der Waals surface area (Å²) in [5, 5.41) is 8.53. The molecule has 0 saturated carbocycles. The molecule has 0 fully saturated rings. The number of nitrogens with one attached hydrogen (secondary N) is 1. The molecule has 0 aromatic heterocycles. The Labute approximate surface area is 98.2 Å². The van der Waals surface area contributed by atoms with Crippen molar-refractivity contribution in [1.29, 1.82) is 0 Å². The molecule has 0 rings (SSSR count). The van der Waals surface area contributed by atoms with E-state index >= 15 is 0 Å². The number of sulfonamides is 1. The summed E-state index contributed by atoms with van der Waals surface area (Å²) in [5.74, 6) is 0.527. The minimum absolute atomic E-state index is 0.0347. The lowest BCUT2D eigenvalue weighted by molar-refractivity contribution is 0.114. The van der Waals surface area contributed by atoms with E-state index in [1.165, 1.54) is 0 Å².